The van der Waals surface area contributed by atoms with E-state index in [9.17, 15) is 9.59 Å². The zero-order valence-electron chi connectivity index (χ0n) is 13.9. The molecule has 23 heavy (non-hydrogen) atoms. The van der Waals surface area contributed by atoms with Crippen LogP contribution in [-0.4, -0.2) is 60.7 Å². The summed E-state index contributed by atoms with van der Waals surface area (Å²) in [5, 5.41) is 0.0416. The minimum atomic E-state index is -0.0401. The van der Waals surface area contributed by atoms with Crippen molar-refractivity contribution in [2.24, 2.45) is 0 Å². The number of aryl methyl sites for hydroxylation is 1. The molecule has 126 valence electrons. The van der Waals surface area contributed by atoms with Crippen LogP contribution in [0.1, 0.15) is 23.4 Å². The maximum absolute atomic E-state index is 12.2. The highest BCUT2D eigenvalue weighted by molar-refractivity contribution is 8.00. The lowest BCUT2D eigenvalue weighted by molar-refractivity contribution is -0.136. The summed E-state index contributed by atoms with van der Waals surface area (Å²) in [6.45, 7) is 5.79. The molecule has 0 N–H and O–H groups in total. The van der Waals surface area contributed by atoms with Crippen molar-refractivity contribution in [1.82, 2.24) is 9.80 Å². The number of ether oxygens (including phenoxy) is 1. The number of benzene rings is 1. The maximum atomic E-state index is 12.2. The first-order chi connectivity index (χ1) is 11.1. The standard InChI is InChI=1S/C17H24N2O3S/c1-4-18(15(20)11-22-3)9-10-19-16(21)12-23-17(19)14-8-6-5-7-13(14)2/h5-8,17H,4,9-12H2,1-3H3/t17-/m1/s1. The highest BCUT2D eigenvalue weighted by Crippen LogP contribution is 2.39. The molecule has 0 radical (unpaired) electrons. The van der Waals surface area contributed by atoms with Crippen LogP contribution in [0.5, 0.6) is 0 Å². The summed E-state index contributed by atoms with van der Waals surface area (Å²) >= 11 is 1.65. The number of methoxy groups -OCH3 is 1. The Morgan fingerprint density at radius 2 is 2.17 bits per heavy atom. The molecule has 0 saturated carbocycles. The Morgan fingerprint density at radius 3 is 2.83 bits per heavy atom. The maximum Gasteiger partial charge on any atom is 0.248 e. The second-order valence-corrected chi connectivity index (χ2v) is 6.58. The van der Waals surface area contributed by atoms with Gasteiger partial charge in [-0.3, -0.25) is 9.59 Å². The van der Waals surface area contributed by atoms with E-state index in [1.54, 1.807) is 16.7 Å². The Balaban J connectivity index is 2.06. The molecule has 5 nitrogen and oxygen atoms in total. The Morgan fingerprint density at radius 1 is 1.43 bits per heavy atom. The summed E-state index contributed by atoms with van der Waals surface area (Å²) in [6.07, 6.45) is 0. The molecule has 0 aromatic heterocycles. The summed E-state index contributed by atoms with van der Waals surface area (Å²) in [7, 11) is 1.51. The number of rotatable bonds is 7. The number of hydrogen-bond donors (Lipinski definition) is 0. The Hall–Kier alpha value is -1.53. The summed E-state index contributed by atoms with van der Waals surface area (Å²) < 4.78 is 4.91. The van der Waals surface area contributed by atoms with Crippen LogP contribution < -0.4 is 0 Å². The third kappa shape index (κ3) is 4.26. The van der Waals surface area contributed by atoms with Gasteiger partial charge in [0.1, 0.15) is 12.0 Å². The Bertz CT molecular complexity index is 565. The lowest BCUT2D eigenvalue weighted by atomic mass is 10.1. The minimum absolute atomic E-state index is 0.0401. The number of likely N-dealkylation sites (N-methyl/N-ethyl adjacent to an activating group) is 1. The van der Waals surface area contributed by atoms with E-state index in [4.69, 9.17) is 4.74 Å². The van der Waals surface area contributed by atoms with Gasteiger partial charge in [0, 0.05) is 26.7 Å². The van der Waals surface area contributed by atoms with E-state index < -0.39 is 0 Å². The average molecular weight is 336 g/mol. The third-order valence-electron chi connectivity index (χ3n) is 4.04. The molecular formula is C17H24N2O3S. The van der Waals surface area contributed by atoms with Crippen molar-refractivity contribution in [3.63, 3.8) is 0 Å². The van der Waals surface area contributed by atoms with E-state index in [1.165, 1.54) is 18.2 Å². The normalized spacial score (nSPS) is 17.6. The van der Waals surface area contributed by atoms with Gasteiger partial charge in [-0.05, 0) is 25.0 Å². The molecule has 0 spiro atoms. The van der Waals surface area contributed by atoms with E-state index in [-0.39, 0.29) is 23.8 Å². The SMILES string of the molecule is CCN(CCN1C(=O)CS[C@@H]1c1ccccc1C)C(=O)COC. The molecule has 0 bridgehead atoms. The molecule has 6 heteroatoms. The Kier molecular flexibility index (Phi) is 6.47. The number of amides is 2. The predicted octanol–water partition coefficient (Wildman–Crippen LogP) is 2.06. The van der Waals surface area contributed by atoms with Crippen LogP contribution in [0.3, 0.4) is 0 Å². The highest BCUT2D eigenvalue weighted by atomic mass is 32.2. The smallest absolute Gasteiger partial charge is 0.248 e. The van der Waals surface area contributed by atoms with Crippen LogP contribution in [-0.2, 0) is 14.3 Å². The first-order valence-electron chi connectivity index (χ1n) is 7.81. The molecule has 0 aliphatic carbocycles. The first-order valence-corrected chi connectivity index (χ1v) is 8.86. The van der Waals surface area contributed by atoms with E-state index >= 15 is 0 Å². The molecule has 1 atom stereocenters. The molecule has 0 unspecified atom stereocenters. The van der Waals surface area contributed by atoms with Crippen molar-refractivity contribution >= 4 is 23.6 Å². The highest BCUT2D eigenvalue weighted by Gasteiger charge is 2.33. The van der Waals surface area contributed by atoms with Crippen LogP contribution in [0.25, 0.3) is 0 Å². The summed E-state index contributed by atoms with van der Waals surface area (Å²) in [4.78, 5) is 27.8. The van der Waals surface area contributed by atoms with Crippen LogP contribution in [0.15, 0.2) is 24.3 Å². The van der Waals surface area contributed by atoms with Gasteiger partial charge in [-0.2, -0.15) is 0 Å². The number of hydrogen-bond acceptors (Lipinski definition) is 4. The van der Waals surface area contributed by atoms with E-state index in [2.05, 4.69) is 19.1 Å². The molecule has 2 amide bonds. The fraction of sp³-hybridized carbons (Fsp3) is 0.529. The molecular weight excluding hydrogens is 312 g/mol. The lowest BCUT2D eigenvalue weighted by Crippen LogP contribution is -2.41. The molecule has 1 aromatic carbocycles. The van der Waals surface area contributed by atoms with Crippen molar-refractivity contribution in [2.45, 2.75) is 19.2 Å². The summed E-state index contributed by atoms with van der Waals surface area (Å²) in [5.74, 6) is 0.595. The lowest BCUT2D eigenvalue weighted by Gasteiger charge is -2.28. The van der Waals surface area contributed by atoms with Gasteiger partial charge < -0.3 is 14.5 Å². The Labute approximate surface area is 142 Å². The van der Waals surface area contributed by atoms with Gasteiger partial charge in [-0.25, -0.2) is 0 Å². The number of thioether (sulfide) groups is 1. The molecule has 1 aliphatic rings. The predicted molar refractivity (Wildman–Crippen MR) is 92.2 cm³/mol. The van der Waals surface area contributed by atoms with Crippen LogP contribution in [0.4, 0.5) is 0 Å². The van der Waals surface area contributed by atoms with Crippen molar-refractivity contribution in [2.75, 3.05) is 39.1 Å². The number of carbonyl (C=O) groups excluding carboxylic acids is 2. The molecule has 1 fully saturated rings. The molecule has 1 heterocycles. The van der Waals surface area contributed by atoms with Gasteiger partial charge in [0.15, 0.2) is 0 Å². The van der Waals surface area contributed by atoms with Crippen LogP contribution >= 0.6 is 11.8 Å². The van der Waals surface area contributed by atoms with Crippen molar-refractivity contribution in [3.05, 3.63) is 35.4 Å². The molecule has 1 aromatic rings. The van der Waals surface area contributed by atoms with Gasteiger partial charge in [0.2, 0.25) is 11.8 Å². The van der Waals surface area contributed by atoms with Crippen molar-refractivity contribution < 1.29 is 14.3 Å². The van der Waals surface area contributed by atoms with Crippen molar-refractivity contribution in [1.29, 1.82) is 0 Å². The fourth-order valence-electron chi connectivity index (χ4n) is 2.72. The topological polar surface area (TPSA) is 49.9 Å². The quantitative estimate of drug-likeness (QED) is 0.765. The minimum Gasteiger partial charge on any atom is -0.375 e. The largest absolute Gasteiger partial charge is 0.375 e. The molecule has 2 rings (SSSR count). The van der Waals surface area contributed by atoms with Crippen molar-refractivity contribution in [3.8, 4) is 0 Å². The van der Waals surface area contributed by atoms with Gasteiger partial charge >= 0.3 is 0 Å². The fourth-order valence-corrected chi connectivity index (χ4v) is 4.03. The monoisotopic (exact) mass is 336 g/mol. The van der Waals surface area contributed by atoms with E-state index in [1.807, 2.05) is 24.0 Å². The summed E-state index contributed by atoms with van der Waals surface area (Å²) in [5.41, 5.74) is 2.36. The van der Waals surface area contributed by atoms with Gasteiger partial charge in [-0.15, -0.1) is 11.8 Å². The average Bonchev–Trinajstić information content (AvgIpc) is 2.90. The number of carbonyl (C=O) groups is 2. The number of nitrogens with zero attached hydrogens (tertiary/aromatic N) is 2. The second kappa shape index (κ2) is 8.36. The zero-order valence-corrected chi connectivity index (χ0v) is 14.8. The van der Waals surface area contributed by atoms with Gasteiger partial charge in [-0.1, -0.05) is 24.3 Å². The summed E-state index contributed by atoms with van der Waals surface area (Å²) in [6, 6.07) is 8.15. The van der Waals surface area contributed by atoms with Gasteiger partial charge in [0.25, 0.3) is 0 Å². The third-order valence-corrected chi connectivity index (χ3v) is 5.27. The first kappa shape index (κ1) is 17.8. The van der Waals surface area contributed by atoms with E-state index in [0.717, 1.165) is 0 Å². The van der Waals surface area contributed by atoms with Crippen LogP contribution in [0.2, 0.25) is 0 Å². The van der Waals surface area contributed by atoms with Gasteiger partial charge in [0.05, 0.1) is 5.75 Å². The van der Waals surface area contributed by atoms with E-state index in [0.29, 0.717) is 25.4 Å². The van der Waals surface area contributed by atoms with Crippen LogP contribution in [0, 0.1) is 6.92 Å². The zero-order chi connectivity index (χ0) is 16.8. The molecule has 1 aliphatic heterocycles. The molecule has 1 saturated heterocycles. The second-order valence-electron chi connectivity index (χ2n) is 5.51.